The molecule has 0 aromatic carbocycles. The second-order valence-electron chi connectivity index (χ2n) is 5.40. The van der Waals surface area contributed by atoms with Crippen LogP contribution in [0.2, 0.25) is 0 Å². The zero-order chi connectivity index (χ0) is 11.5. The van der Waals surface area contributed by atoms with Crippen LogP contribution < -0.4 is 0 Å². The smallest absolute Gasteiger partial charge is 0.146 e. The largest absolute Gasteiger partial charge is 0.422 e. The molecule has 1 atom stereocenters. The first-order valence-corrected chi connectivity index (χ1v) is 6.67. The highest BCUT2D eigenvalue weighted by atomic mass is 28.2. The van der Waals surface area contributed by atoms with Crippen LogP contribution in [0.15, 0.2) is 0 Å². The van der Waals surface area contributed by atoms with E-state index >= 15 is 0 Å². The Morgan fingerprint density at radius 2 is 1.21 bits per heavy atom. The summed E-state index contributed by atoms with van der Waals surface area (Å²) in [6.45, 7) is 16.1. The van der Waals surface area contributed by atoms with Gasteiger partial charge >= 0.3 is 0 Å². The minimum atomic E-state index is 0.0837. The zero-order valence-corrected chi connectivity index (χ0v) is 13.2. The van der Waals surface area contributed by atoms with Gasteiger partial charge in [0.05, 0.1) is 5.60 Å². The molecule has 0 fully saturated rings. The van der Waals surface area contributed by atoms with E-state index in [0.717, 1.165) is 10.5 Å². The van der Waals surface area contributed by atoms with Gasteiger partial charge in [-0.15, -0.1) is 0 Å². The van der Waals surface area contributed by atoms with Crippen molar-refractivity contribution in [2.75, 3.05) is 0 Å². The van der Waals surface area contributed by atoms with Gasteiger partial charge in [-0.2, -0.15) is 0 Å². The van der Waals surface area contributed by atoms with Gasteiger partial charge in [-0.3, -0.25) is 0 Å². The third kappa shape index (κ3) is 2.40. The lowest BCUT2D eigenvalue weighted by Crippen LogP contribution is -2.50. The Morgan fingerprint density at radius 3 is 1.29 bits per heavy atom. The summed E-state index contributed by atoms with van der Waals surface area (Å²) in [5.41, 5.74) is 0.0837. The Morgan fingerprint density at radius 1 is 0.857 bits per heavy atom. The van der Waals surface area contributed by atoms with Crippen LogP contribution in [0.3, 0.4) is 0 Å². The highest BCUT2D eigenvalue weighted by Crippen LogP contribution is 2.40. The molecule has 0 rings (SSSR count). The summed E-state index contributed by atoms with van der Waals surface area (Å²) in [6.07, 6.45) is 0. The summed E-state index contributed by atoms with van der Waals surface area (Å²) in [5.74, 6) is 2.50. The molecule has 0 aromatic heterocycles. The normalized spacial score (nSPS) is 15.9. The molecule has 86 valence electrons. The monoisotopic (exact) mass is 216 g/mol. The van der Waals surface area contributed by atoms with Crippen LogP contribution in [0.5, 0.6) is 0 Å². The SMILES string of the molecule is CC(C)C(C)C(O[SiH3])(C(C)C)C(C)C. The van der Waals surface area contributed by atoms with E-state index in [1.807, 2.05) is 0 Å². The highest BCUT2D eigenvalue weighted by Gasteiger charge is 2.42. The van der Waals surface area contributed by atoms with E-state index in [0.29, 0.717) is 23.7 Å². The van der Waals surface area contributed by atoms with Crippen LogP contribution in [0, 0.1) is 23.7 Å². The lowest BCUT2D eigenvalue weighted by Gasteiger charge is -2.47. The second kappa shape index (κ2) is 5.31. The molecular weight excluding hydrogens is 188 g/mol. The molecule has 0 saturated carbocycles. The van der Waals surface area contributed by atoms with Crippen molar-refractivity contribution in [3.05, 3.63) is 0 Å². The maximum Gasteiger partial charge on any atom is 0.146 e. The molecule has 0 aliphatic carbocycles. The molecule has 2 heteroatoms. The maximum atomic E-state index is 6.02. The minimum Gasteiger partial charge on any atom is -0.422 e. The van der Waals surface area contributed by atoms with Crippen molar-refractivity contribution in [3.8, 4) is 0 Å². The molecule has 14 heavy (non-hydrogen) atoms. The topological polar surface area (TPSA) is 9.23 Å². The fraction of sp³-hybridized carbons (Fsp3) is 1.00. The molecule has 0 aliphatic rings. The van der Waals surface area contributed by atoms with E-state index in [1.165, 1.54) is 0 Å². The van der Waals surface area contributed by atoms with Crippen molar-refractivity contribution in [2.45, 2.75) is 54.1 Å². The summed E-state index contributed by atoms with van der Waals surface area (Å²) < 4.78 is 6.02. The van der Waals surface area contributed by atoms with E-state index in [-0.39, 0.29) is 5.60 Å². The molecule has 0 amide bonds. The predicted octanol–water partition coefficient (Wildman–Crippen LogP) is 2.63. The van der Waals surface area contributed by atoms with E-state index in [2.05, 4.69) is 48.5 Å². The van der Waals surface area contributed by atoms with Crippen molar-refractivity contribution < 1.29 is 4.43 Å². The number of hydrogen-bond donors (Lipinski definition) is 0. The van der Waals surface area contributed by atoms with Gasteiger partial charge in [0.15, 0.2) is 0 Å². The molecule has 0 heterocycles. The molecule has 0 bridgehead atoms. The van der Waals surface area contributed by atoms with E-state index in [4.69, 9.17) is 4.43 Å². The molecule has 0 radical (unpaired) electrons. The van der Waals surface area contributed by atoms with Crippen LogP contribution in [-0.2, 0) is 4.43 Å². The van der Waals surface area contributed by atoms with Crippen molar-refractivity contribution in [2.24, 2.45) is 23.7 Å². The standard InChI is InChI=1S/C12H28OSi/c1-8(2)11(7)12(13-14,9(3)4)10(5)6/h8-11H,1-7,14H3. The third-order valence-corrected chi connectivity index (χ3v) is 4.58. The van der Waals surface area contributed by atoms with Gasteiger partial charge in [0, 0.05) is 0 Å². The summed E-state index contributed by atoms with van der Waals surface area (Å²) in [7, 11) is 0.835. The quantitative estimate of drug-likeness (QED) is 0.642. The number of rotatable bonds is 5. The molecule has 0 aromatic rings. The van der Waals surface area contributed by atoms with Gasteiger partial charge in [-0.05, 0) is 23.7 Å². The van der Waals surface area contributed by atoms with Crippen LogP contribution in [0.1, 0.15) is 48.5 Å². The van der Waals surface area contributed by atoms with E-state index < -0.39 is 0 Å². The van der Waals surface area contributed by atoms with Gasteiger partial charge in [0.2, 0.25) is 0 Å². The van der Waals surface area contributed by atoms with E-state index in [9.17, 15) is 0 Å². The minimum absolute atomic E-state index is 0.0837. The average Bonchev–Trinajstić information content (AvgIpc) is 2.04. The van der Waals surface area contributed by atoms with Gasteiger partial charge < -0.3 is 4.43 Å². The number of hydrogen-bond acceptors (Lipinski definition) is 1. The average molecular weight is 216 g/mol. The van der Waals surface area contributed by atoms with Crippen molar-refractivity contribution >= 4 is 10.5 Å². The van der Waals surface area contributed by atoms with Gasteiger partial charge in [0.1, 0.15) is 10.5 Å². The van der Waals surface area contributed by atoms with Crippen LogP contribution in [-0.4, -0.2) is 16.1 Å². The first kappa shape index (κ1) is 14.2. The Hall–Kier alpha value is 0.177. The molecule has 0 aliphatic heterocycles. The predicted molar refractivity (Wildman–Crippen MR) is 67.4 cm³/mol. The summed E-state index contributed by atoms with van der Waals surface area (Å²) in [5, 5.41) is 0. The molecule has 1 nitrogen and oxygen atoms in total. The lowest BCUT2D eigenvalue weighted by atomic mass is 9.68. The maximum absolute atomic E-state index is 6.02. The van der Waals surface area contributed by atoms with Crippen LogP contribution in [0.25, 0.3) is 0 Å². The second-order valence-corrected chi connectivity index (χ2v) is 5.81. The Balaban J connectivity index is 5.03. The molecule has 0 spiro atoms. The summed E-state index contributed by atoms with van der Waals surface area (Å²) >= 11 is 0. The van der Waals surface area contributed by atoms with Gasteiger partial charge in [-0.25, -0.2) is 0 Å². The first-order valence-electron chi connectivity index (χ1n) is 5.85. The van der Waals surface area contributed by atoms with Gasteiger partial charge in [0.25, 0.3) is 0 Å². The van der Waals surface area contributed by atoms with Crippen molar-refractivity contribution in [1.82, 2.24) is 0 Å². The molecule has 1 unspecified atom stereocenters. The van der Waals surface area contributed by atoms with Gasteiger partial charge in [-0.1, -0.05) is 48.5 Å². The van der Waals surface area contributed by atoms with Crippen molar-refractivity contribution in [3.63, 3.8) is 0 Å². The fourth-order valence-corrected chi connectivity index (χ4v) is 4.21. The van der Waals surface area contributed by atoms with E-state index in [1.54, 1.807) is 0 Å². The van der Waals surface area contributed by atoms with Crippen LogP contribution in [0.4, 0.5) is 0 Å². The third-order valence-electron chi connectivity index (χ3n) is 3.87. The summed E-state index contributed by atoms with van der Waals surface area (Å²) in [6, 6.07) is 0. The Labute approximate surface area is 93.2 Å². The zero-order valence-electron chi connectivity index (χ0n) is 11.2. The highest BCUT2D eigenvalue weighted by molar-refractivity contribution is 5.98. The lowest BCUT2D eigenvalue weighted by molar-refractivity contribution is -0.0761. The fourth-order valence-electron chi connectivity index (χ4n) is 2.90. The molecule has 0 N–H and O–H groups in total. The first-order chi connectivity index (χ1) is 6.30. The Bertz CT molecular complexity index is 156. The van der Waals surface area contributed by atoms with Crippen molar-refractivity contribution in [1.29, 1.82) is 0 Å². The summed E-state index contributed by atoms with van der Waals surface area (Å²) in [4.78, 5) is 0. The Kier molecular flexibility index (Phi) is 5.38. The van der Waals surface area contributed by atoms with Crippen LogP contribution >= 0.6 is 0 Å². The molecular formula is C12H28OSi. The molecule has 0 saturated heterocycles.